The first-order valence-corrected chi connectivity index (χ1v) is 10.3. The average Bonchev–Trinajstić information content (AvgIpc) is 2.98. The summed E-state index contributed by atoms with van der Waals surface area (Å²) in [7, 11) is 1.46. The fourth-order valence-corrected chi connectivity index (χ4v) is 3.91. The van der Waals surface area contributed by atoms with E-state index in [0.29, 0.717) is 20.1 Å². The smallest absolute Gasteiger partial charge is 0.186 e. The van der Waals surface area contributed by atoms with Crippen LogP contribution in [0.15, 0.2) is 36.4 Å². The van der Waals surface area contributed by atoms with Crippen LogP contribution in [0.1, 0.15) is 11.1 Å². The molecule has 1 heterocycles. The number of rotatable bonds is 8. The van der Waals surface area contributed by atoms with Crippen molar-refractivity contribution in [1.29, 1.82) is 0 Å². The molecular weight excluding hydrogens is 462 g/mol. The number of hydrogen-bond donors (Lipinski definition) is 1. The van der Waals surface area contributed by atoms with Gasteiger partial charge in [-0.05, 0) is 35.4 Å². The van der Waals surface area contributed by atoms with Crippen LogP contribution in [0.2, 0.25) is 20.1 Å². The molecule has 0 radical (unpaired) electrons. The van der Waals surface area contributed by atoms with Gasteiger partial charge in [-0.3, -0.25) is 0 Å². The zero-order valence-electron chi connectivity index (χ0n) is 15.5. The van der Waals surface area contributed by atoms with E-state index >= 15 is 0 Å². The highest BCUT2D eigenvalue weighted by molar-refractivity contribution is 6.35. The maximum absolute atomic E-state index is 10.5. The van der Waals surface area contributed by atoms with Gasteiger partial charge in [-0.25, -0.2) is 0 Å². The van der Waals surface area contributed by atoms with Gasteiger partial charge in [0.05, 0.1) is 19.8 Å². The Morgan fingerprint density at radius 2 is 1.52 bits per heavy atom. The summed E-state index contributed by atoms with van der Waals surface area (Å²) in [6.07, 6.45) is -2.98. The second kappa shape index (κ2) is 10.6. The Hall–Kier alpha value is -0.600. The Morgan fingerprint density at radius 3 is 2.07 bits per heavy atom. The van der Waals surface area contributed by atoms with Crippen LogP contribution in [-0.2, 0) is 32.2 Å². The second-order valence-electron chi connectivity index (χ2n) is 6.53. The molecule has 5 nitrogen and oxygen atoms in total. The molecule has 1 saturated heterocycles. The van der Waals surface area contributed by atoms with Crippen molar-refractivity contribution in [2.75, 3.05) is 13.7 Å². The number of benzene rings is 2. The van der Waals surface area contributed by atoms with E-state index in [0.717, 1.165) is 11.1 Å². The number of hydrogen-bond acceptors (Lipinski definition) is 5. The van der Waals surface area contributed by atoms with E-state index in [4.69, 9.17) is 65.4 Å². The predicted octanol–water partition coefficient (Wildman–Crippen LogP) is 5.13. The summed E-state index contributed by atoms with van der Waals surface area (Å²) in [6, 6.07) is 10.3. The standard InChI is InChI=1S/C20H20Cl4O5/c1-26-20-18(25)19(28-9-12-3-5-14(22)7-16(12)24)17(29-20)10-27-8-11-2-4-13(21)6-15(11)23/h2-7,17-20,25H,8-10H2,1H3/t17-,18+,19-,20+/m1/s1. The summed E-state index contributed by atoms with van der Waals surface area (Å²) < 4.78 is 22.6. The van der Waals surface area contributed by atoms with Crippen LogP contribution in [0.3, 0.4) is 0 Å². The maximum Gasteiger partial charge on any atom is 0.186 e. The Kier molecular flexibility index (Phi) is 8.45. The quantitative estimate of drug-likeness (QED) is 0.566. The normalized spacial score (nSPS) is 24.2. The second-order valence-corrected chi connectivity index (χ2v) is 8.22. The number of aliphatic hydroxyl groups excluding tert-OH is 1. The van der Waals surface area contributed by atoms with E-state index in [9.17, 15) is 5.11 Å². The minimum atomic E-state index is -0.973. The molecule has 0 unspecified atom stereocenters. The lowest BCUT2D eigenvalue weighted by Gasteiger charge is -2.21. The molecule has 158 valence electrons. The van der Waals surface area contributed by atoms with Crippen LogP contribution in [0.25, 0.3) is 0 Å². The van der Waals surface area contributed by atoms with Crippen molar-refractivity contribution in [2.24, 2.45) is 0 Å². The number of methoxy groups -OCH3 is 1. The molecule has 1 fully saturated rings. The van der Waals surface area contributed by atoms with Crippen LogP contribution in [0.5, 0.6) is 0 Å². The molecule has 1 N–H and O–H groups in total. The zero-order valence-corrected chi connectivity index (χ0v) is 18.5. The number of aliphatic hydroxyl groups is 1. The lowest BCUT2D eigenvalue weighted by atomic mass is 10.1. The summed E-state index contributed by atoms with van der Waals surface area (Å²) in [5, 5.41) is 12.6. The van der Waals surface area contributed by atoms with Gasteiger partial charge in [-0.1, -0.05) is 58.5 Å². The third-order valence-electron chi connectivity index (χ3n) is 4.52. The van der Waals surface area contributed by atoms with Gasteiger partial charge in [0.1, 0.15) is 18.3 Å². The average molecular weight is 482 g/mol. The summed E-state index contributed by atoms with van der Waals surface area (Å²) in [5.74, 6) is 0. The zero-order chi connectivity index (χ0) is 21.0. The third-order valence-corrected chi connectivity index (χ3v) is 5.70. The van der Waals surface area contributed by atoms with Gasteiger partial charge in [-0.2, -0.15) is 0 Å². The number of ether oxygens (including phenoxy) is 4. The third kappa shape index (κ3) is 5.97. The first-order chi connectivity index (χ1) is 13.9. The van der Waals surface area contributed by atoms with E-state index in [1.54, 1.807) is 36.4 Å². The highest BCUT2D eigenvalue weighted by Gasteiger charge is 2.45. The van der Waals surface area contributed by atoms with Crippen molar-refractivity contribution in [2.45, 2.75) is 37.8 Å². The summed E-state index contributed by atoms with van der Waals surface area (Å²) in [6.45, 7) is 0.616. The van der Waals surface area contributed by atoms with E-state index in [1.807, 2.05) is 0 Å². The van der Waals surface area contributed by atoms with E-state index in [1.165, 1.54) is 7.11 Å². The van der Waals surface area contributed by atoms with Crippen LogP contribution >= 0.6 is 46.4 Å². The van der Waals surface area contributed by atoms with Crippen LogP contribution in [0, 0.1) is 0 Å². The molecule has 0 saturated carbocycles. The fourth-order valence-electron chi connectivity index (χ4n) is 2.99. The van der Waals surface area contributed by atoms with Gasteiger partial charge in [0.2, 0.25) is 0 Å². The first-order valence-electron chi connectivity index (χ1n) is 8.82. The molecule has 0 amide bonds. The van der Waals surface area contributed by atoms with Gasteiger partial charge >= 0.3 is 0 Å². The van der Waals surface area contributed by atoms with Crippen molar-refractivity contribution in [3.05, 3.63) is 67.6 Å². The monoisotopic (exact) mass is 480 g/mol. The Bertz CT molecular complexity index is 835. The fraction of sp³-hybridized carbons (Fsp3) is 0.400. The van der Waals surface area contributed by atoms with Crippen molar-refractivity contribution in [3.8, 4) is 0 Å². The molecule has 3 rings (SSSR count). The highest BCUT2D eigenvalue weighted by Crippen LogP contribution is 2.28. The van der Waals surface area contributed by atoms with Gasteiger partial charge in [0.15, 0.2) is 6.29 Å². The Labute approximate surface area is 189 Å². The van der Waals surface area contributed by atoms with Gasteiger partial charge in [-0.15, -0.1) is 0 Å². The van der Waals surface area contributed by atoms with Crippen LogP contribution < -0.4 is 0 Å². The summed E-state index contributed by atoms with van der Waals surface area (Å²) in [4.78, 5) is 0. The summed E-state index contributed by atoms with van der Waals surface area (Å²) in [5.41, 5.74) is 1.54. The SMILES string of the molecule is CO[C@H]1O[C@H](COCc2ccc(Cl)cc2Cl)[C@@H](OCc2ccc(Cl)cc2Cl)[C@@H]1O. The van der Waals surface area contributed by atoms with Crippen LogP contribution in [0.4, 0.5) is 0 Å². The maximum atomic E-state index is 10.5. The van der Waals surface area contributed by atoms with E-state index in [2.05, 4.69) is 0 Å². The molecule has 2 aromatic rings. The number of halogens is 4. The van der Waals surface area contributed by atoms with Crippen molar-refractivity contribution in [3.63, 3.8) is 0 Å². The van der Waals surface area contributed by atoms with Crippen molar-refractivity contribution in [1.82, 2.24) is 0 Å². The molecule has 9 heteroatoms. The lowest BCUT2D eigenvalue weighted by molar-refractivity contribution is -0.156. The largest absolute Gasteiger partial charge is 0.385 e. The molecule has 0 bridgehead atoms. The molecular formula is C20H20Cl4O5. The molecule has 4 atom stereocenters. The van der Waals surface area contributed by atoms with E-state index < -0.39 is 24.6 Å². The Morgan fingerprint density at radius 1 is 0.931 bits per heavy atom. The minimum Gasteiger partial charge on any atom is -0.385 e. The molecule has 1 aliphatic heterocycles. The van der Waals surface area contributed by atoms with E-state index in [-0.39, 0.29) is 19.8 Å². The predicted molar refractivity (Wildman–Crippen MR) is 113 cm³/mol. The van der Waals surface area contributed by atoms with Gasteiger partial charge in [0.25, 0.3) is 0 Å². The molecule has 0 aliphatic carbocycles. The van der Waals surface area contributed by atoms with Crippen molar-refractivity contribution >= 4 is 46.4 Å². The summed E-state index contributed by atoms with van der Waals surface area (Å²) >= 11 is 24.2. The van der Waals surface area contributed by atoms with Crippen molar-refractivity contribution < 1.29 is 24.1 Å². The molecule has 0 spiro atoms. The minimum absolute atomic E-state index is 0.175. The molecule has 2 aromatic carbocycles. The highest BCUT2D eigenvalue weighted by atomic mass is 35.5. The molecule has 0 aromatic heterocycles. The first kappa shape index (κ1) is 23.1. The molecule has 29 heavy (non-hydrogen) atoms. The Balaban J connectivity index is 1.60. The van der Waals surface area contributed by atoms with Gasteiger partial charge < -0.3 is 24.1 Å². The van der Waals surface area contributed by atoms with Crippen LogP contribution in [-0.4, -0.2) is 43.4 Å². The lowest BCUT2D eigenvalue weighted by Crippen LogP contribution is -2.37. The topological polar surface area (TPSA) is 57.2 Å². The molecule has 1 aliphatic rings. The van der Waals surface area contributed by atoms with Gasteiger partial charge in [0, 0.05) is 27.2 Å².